The van der Waals surface area contributed by atoms with Crippen LogP contribution < -0.4 is 10.6 Å². The van der Waals surface area contributed by atoms with Crippen molar-refractivity contribution in [1.29, 1.82) is 0 Å². The van der Waals surface area contributed by atoms with Crippen LogP contribution in [0.4, 0.5) is 0 Å². The summed E-state index contributed by atoms with van der Waals surface area (Å²) in [7, 11) is -2.79. The van der Waals surface area contributed by atoms with Crippen LogP contribution in [0.2, 0.25) is 0 Å². The third kappa shape index (κ3) is 3.01. The monoisotopic (exact) mass is 343 g/mol. The molecule has 4 rings (SSSR count). The van der Waals surface area contributed by atoms with Gasteiger partial charge in [0.1, 0.15) is 7.14 Å². The highest BCUT2D eigenvalue weighted by Gasteiger charge is 2.28. The topological polar surface area (TPSA) is 30.0 Å². The summed E-state index contributed by atoms with van der Waals surface area (Å²) in [6.07, 6.45) is 2.26. The van der Waals surface area contributed by atoms with Crippen LogP contribution in [0.3, 0.4) is 0 Å². The third-order valence-electron chi connectivity index (χ3n) is 4.46. The van der Waals surface area contributed by atoms with Gasteiger partial charge < -0.3 is 4.57 Å². The lowest BCUT2D eigenvalue weighted by Gasteiger charge is -2.20. The van der Waals surface area contributed by atoms with E-state index in [1.54, 1.807) is 6.20 Å². The molecule has 0 amide bonds. The first kappa shape index (κ1) is 15.8. The summed E-state index contributed by atoms with van der Waals surface area (Å²) in [5.74, 6) is 0. The van der Waals surface area contributed by atoms with Gasteiger partial charge in [-0.3, -0.25) is 4.98 Å². The summed E-state index contributed by atoms with van der Waals surface area (Å²) in [5, 5.41) is 2.84. The summed E-state index contributed by atoms with van der Waals surface area (Å²) >= 11 is 0. The Bertz CT molecular complexity index is 996. The highest BCUT2D eigenvalue weighted by Crippen LogP contribution is 2.47. The molecule has 1 heterocycles. The smallest absolute Gasteiger partial charge is 0.147 e. The highest BCUT2D eigenvalue weighted by atomic mass is 31.2. The fourth-order valence-electron chi connectivity index (χ4n) is 3.20. The number of pyridine rings is 1. The molecule has 4 aromatic rings. The first-order chi connectivity index (χ1) is 12.3. The molecule has 25 heavy (non-hydrogen) atoms. The number of nitrogens with zero attached hydrogens (tertiary/aromatic N) is 1. The fourth-order valence-corrected chi connectivity index (χ4v) is 5.91. The van der Waals surface area contributed by atoms with Gasteiger partial charge in [0.05, 0.1) is 5.52 Å². The Morgan fingerprint density at radius 2 is 1.28 bits per heavy atom. The van der Waals surface area contributed by atoms with Crippen LogP contribution in [0.25, 0.3) is 10.9 Å². The number of benzene rings is 3. The molecule has 2 nitrogen and oxygen atoms in total. The molecule has 3 heteroatoms. The molecule has 0 spiro atoms. The Hall–Kier alpha value is -2.70. The van der Waals surface area contributed by atoms with Gasteiger partial charge in [0.2, 0.25) is 0 Å². The zero-order valence-corrected chi connectivity index (χ0v) is 14.6. The van der Waals surface area contributed by atoms with E-state index < -0.39 is 7.14 Å². The van der Waals surface area contributed by atoms with Gasteiger partial charge in [-0.2, -0.15) is 0 Å². The zero-order valence-electron chi connectivity index (χ0n) is 13.7. The van der Waals surface area contributed by atoms with E-state index in [0.717, 1.165) is 27.1 Å². The van der Waals surface area contributed by atoms with Crippen molar-refractivity contribution in [3.8, 4) is 0 Å². The van der Waals surface area contributed by atoms with Gasteiger partial charge >= 0.3 is 0 Å². The number of hydrogen-bond acceptors (Lipinski definition) is 2. The minimum atomic E-state index is -2.79. The average molecular weight is 343 g/mol. The van der Waals surface area contributed by atoms with Crippen molar-refractivity contribution in [1.82, 2.24) is 4.98 Å². The molecule has 3 aromatic carbocycles. The van der Waals surface area contributed by atoms with Gasteiger partial charge in [-0.15, -0.1) is 0 Å². The lowest BCUT2D eigenvalue weighted by molar-refractivity contribution is 0.586. The predicted octanol–water partition coefficient (Wildman–Crippen LogP) is 4.75. The van der Waals surface area contributed by atoms with E-state index in [4.69, 9.17) is 0 Å². The van der Waals surface area contributed by atoms with Crippen LogP contribution in [-0.4, -0.2) is 4.98 Å². The second kappa shape index (κ2) is 6.66. The van der Waals surface area contributed by atoms with Gasteiger partial charge in [0.15, 0.2) is 0 Å². The maximum atomic E-state index is 14.2. The maximum absolute atomic E-state index is 14.2. The molecule has 0 unspecified atom stereocenters. The lowest BCUT2D eigenvalue weighted by atomic mass is 10.1. The number of rotatable bonds is 4. The van der Waals surface area contributed by atoms with Gasteiger partial charge in [-0.25, -0.2) is 0 Å². The number of aromatic nitrogens is 1. The minimum absolute atomic E-state index is 0.468. The highest BCUT2D eigenvalue weighted by molar-refractivity contribution is 7.78. The third-order valence-corrected chi connectivity index (χ3v) is 7.51. The Labute approximate surface area is 147 Å². The molecule has 122 valence electrons. The average Bonchev–Trinajstić information content (AvgIpc) is 2.69. The van der Waals surface area contributed by atoms with Crippen molar-refractivity contribution in [3.05, 3.63) is 103 Å². The van der Waals surface area contributed by atoms with Crippen LogP contribution in [0.1, 0.15) is 5.56 Å². The molecule has 0 saturated heterocycles. The van der Waals surface area contributed by atoms with Crippen molar-refractivity contribution in [2.24, 2.45) is 0 Å². The molecule has 0 N–H and O–H groups in total. The van der Waals surface area contributed by atoms with Gasteiger partial charge in [-0.05, 0) is 11.6 Å². The first-order valence-electron chi connectivity index (χ1n) is 8.30. The second-order valence-electron chi connectivity index (χ2n) is 6.06. The normalized spacial score (nSPS) is 11.5. The summed E-state index contributed by atoms with van der Waals surface area (Å²) in [5.41, 5.74) is 1.95. The lowest BCUT2D eigenvalue weighted by Crippen LogP contribution is -2.17. The molecule has 0 atom stereocenters. The summed E-state index contributed by atoms with van der Waals surface area (Å²) in [6, 6.07) is 29.6. The van der Waals surface area contributed by atoms with Gasteiger partial charge in [-0.1, -0.05) is 84.9 Å². The quantitative estimate of drug-likeness (QED) is 0.501. The molecular formula is C22H18NOP. The first-order valence-corrected chi connectivity index (χ1v) is 10.2. The summed E-state index contributed by atoms with van der Waals surface area (Å²) in [6.45, 7) is 0. The molecular weight excluding hydrogens is 325 g/mol. The number of para-hydroxylation sites is 1. The Kier molecular flexibility index (Phi) is 4.21. The van der Waals surface area contributed by atoms with Crippen LogP contribution >= 0.6 is 7.14 Å². The molecule has 0 aliphatic carbocycles. The van der Waals surface area contributed by atoms with Crippen LogP contribution in [0, 0.1) is 0 Å². The van der Waals surface area contributed by atoms with E-state index in [1.165, 1.54) is 0 Å². The van der Waals surface area contributed by atoms with E-state index in [2.05, 4.69) is 4.98 Å². The zero-order chi connectivity index (χ0) is 17.1. The van der Waals surface area contributed by atoms with Crippen molar-refractivity contribution in [2.45, 2.75) is 6.16 Å². The van der Waals surface area contributed by atoms with Crippen LogP contribution in [-0.2, 0) is 10.7 Å². The molecule has 1 aromatic heterocycles. The fraction of sp³-hybridized carbons (Fsp3) is 0.0455. The van der Waals surface area contributed by atoms with E-state index >= 15 is 0 Å². The van der Waals surface area contributed by atoms with Crippen molar-refractivity contribution >= 4 is 28.7 Å². The largest absolute Gasteiger partial charge is 0.313 e. The van der Waals surface area contributed by atoms with E-state index in [-0.39, 0.29) is 0 Å². The molecule has 0 saturated carbocycles. The molecule has 0 aliphatic rings. The van der Waals surface area contributed by atoms with Gasteiger partial charge in [0, 0.05) is 28.4 Å². The van der Waals surface area contributed by atoms with Crippen molar-refractivity contribution in [2.75, 3.05) is 0 Å². The van der Waals surface area contributed by atoms with E-state index in [9.17, 15) is 4.57 Å². The van der Waals surface area contributed by atoms with Crippen LogP contribution in [0.5, 0.6) is 0 Å². The Morgan fingerprint density at radius 3 is 1.92 bits per heavy atom. The number of hydrogen-bond donors (Lipinski definition) is 0. The standard InChI is InChI=1S/C22H18NOP/c24-25(20-12-3-1-4-13-20,21-14-5-2-6-15-21)17-19-10-7-9-18-11-8-16-23-22(18)19/h1-16H,17H2. The van der Waals surface area contributed by atoms with Crippen LogP contribution in [0.15, 0.2) is 97.2 Å². The molecule has 0 fully saturated rings. The van der Waals surface area contributed by atoms with Crippen molar-refractivity contribution in [3.63, 3.8) is 0 Å². The van der Waals surface area contributed by atoms with Crippen molar-refractivity contribution < 1.29 is 4.57 Å². The SMILES string of the molecule is O=P(Cc1cccc2cccnc12)(c1ccccc1)c1ccccc1. The number of fused-ring (bicyclic) bond motifs is 1. The van der Waals surface area contributed by atoms with E-state index in [0.29, 0.717) is 6.16 Å². The Morgan fingerprint density at radius 1 is 0.680 bits per heavy atom. The molecule has 0 aliphatic heterocycles. The summed E-state index contributed by atoms with van der Waals surface area (Å²) < 4.78 is 14.2. The minimum Gasteiger partial charge on any atom is -0.313 e. The summed E-state index contributed by atoms with van der Waals surface area (Å²) in [4.78, 5) is 4.53. The molecule has 0 bridgehead atoms. The molecule has 0 radical (unpaired) electrons. The van der Waals surface area contributed by atoms with Gasteiger partial charge in [0.25, 0.3) is 0 Å². The van der Waals surface area contributed by atoms with E-state index in [1.807, 2.05) is 91.0 Å². The Balaban J connectivity index is 1.89. The maximum Gasteiger partial charge on any atom is 0.147 e. The predicted molar refractivity (Wildman–Crippen MR) is 105 cm³/mol. The second-order valence-corrected chi connectivity index (χ2v) is 8.89.